The third-order valence-corrected chi connectivity index (χ3v) is 4.20. The molecule has 1 heterocycles. The molecular weight excluding hydrogens is 302 g/mol. The van der Waals surface area contributed by atoms with Gasteiger partial charge >= 0.3 is 0 Å². The summed E-state index contributed by atoms with van der Waals surface area (Å²) in [5.41, 5.74) is 11.0. The summed E-state index contributed by atoms with van der Waals surface area (Å²) in [6, 6.07) is 6.63. The average molecular weight is 322 g/mol. The monoisotopic (exact) mass is 321 g/mol. The SMILES string of the molecule is Cc1ccc(CCc2c(Br)nc(CN)n2C)c(C)c1. The average Bonchev–Trinajstić information content (AvgIpc) is 2.64. The molecule has 4 heteroatoms. The van der Waals surface area contributed by atoms with E-state index < -0.39 is 0 Å². The van der Waals surface area contributed by atoms with Crippen LogP contribution in [0.15, 0.2) is 22.8 Å². The molecular formula is C15H20BrN3. The molecule has 0 bridgehead atoms. The molecule has 19 heavy (non-hydrogen) atoms. The van der Waals surface area contributed by atoms with Crippen molar-refractivity contribution in [3.8, 4) is 0 Å². The molecule has 2 aromatic rings. The van der Waals surface area contributed by atoms with Crippen LogP contribution in [0.2, 0.25) is 0 Å². The van der Waals surface area contributed by atoms with Gasteiger partial charge in [0.15, 0.2) is 0 Å². The summed E-state index contributed by atoms with van der Waals surface area (Å²) >= 11 is 3.52. The molecule has 0 atom stereocenters. The summed E-state index contributed by atoms with van der Waals surface area (Å²) in [5, 5.41) is 0. The Morgan fingerprint density at radius 3 is 2.58 bits per heavy atom. The van der Waals surface area contributed by atoms with Crippen molar-refractivity contribution in [2.24, 2.45) is 12.8 Å². The second kappa shape index (κ2) is 5.88. The predicted octanol–water partition coefficient (Wildman–Crippen LogP) is 3.04. The molecule has 1 aromatic carbocycles. The van der Waals surface area contributed by atoms with Crippen LogP contribution in [-0.2, 0) is 26.4 Å². The number of hydrogen-bond donors (Lipinski definition) is 1. The molecule has 1 aromatic heterocycles. The molecule has 102 valence electrons. The van der Waals surface area contributed by atoms with E-state index in [9.17, 15) is 0 Å². The summed E-state index contributed by atoms with van der Waals surface area (Å²) in [5.74, 6) is 0.919. The molecule has 2 rings (SSSR count). The second-order valence-electron chi connectivity index (χ2n) is 4.96. The van der Waals surface area contributed by atoms with Gasteiger partial charge in [-0.05, 0) is 53.7 Å². The minimum absolute atomic E-state index is 0.471. The standard InChI is InChI=1S/C15H20BrN3/c1-10-4-5-12(11(2)8-10)6-7-13-15(16)18-14(9-17)19(13)3/h4-5,8H,6-7,9,17H2,1-3H3. The first kappa shape index (κ1) is 14.3. The highest BCUT2D eigenvalue weighted by molar-refractivity contribution is 9.10. The number of nitrogens with two attached hydrogens (primary N) is 1. The quantitative estimate of drug-likeness (QED) is 0.940. The first-order valence-electron chi connectivity index (χ1n) is 6.49. The normalized spacial score (nSPS) is 11.0. The summed E-state index contributed by atoms with van der Waals surface area (Å²) in [6.45, 7) is 4.77. The lowest BCUT2D eigenvalue weighted by molar-refractivity contribution is 0.738. The molecule has 0 unspecified atom stereocenters. The Morgan fingerprint density at radius 2 is 2.00 bits per heavy atom. The van der Waals surface area contributed by atoms with Gasteiger partial charge in [0.05, 0.1) is 12.2 Å². The van der Waals surface area contributed by atoms with Crippen LogP contribution in [0.1, 0.15) is 28.2 Å². The molecule has 3 nitrogen and oxygen atoms in total. The van der Waals surface area contributed by atoms with Gasteiger partial charge < -0.3 is 10.3 Å². The van der Waals surface area contributed by atoms with Crippen LogP contribution in [0.4, 0.5) is 0 Å². The Morgan fingerprint density at radius 1 is 1.26 bits per heavy atom. The van der Waals surface area contributed by atoms with Crippen molar-refractivity contribution in [1.82, 2.24) is 9.55 Å². The van der Waals surface area contributed by atoms with Crippen LogP contribution in [0.3, 0.4) is 0 Å². The molecule has 0 aliphatic rings. The van der Waals surface area contributed by atoms with Crippen LogP contribution < -0.4 is 5.73 Å². The summed E-state index contributed by atoms with van der Waals surface area (Å²) in [6.07, 6.45) is 1.99. The summed E-state index contributed by atoms with van der Waals surface area (Å²) in [7, 11) is 2.03. The highest BCUT2D eigenvalue weighted by Gasteiger charge is 2.11. The molecule has 0 saturated carbocycles. The van der Waals surface area contributed by atoms with Crippen molar-refractivity contribution >= 4 is 15.9 Å². The van der Waals surface area contributed by atoms with Crippen molar-refractivity contribution in [1.29, 1.82) is 0 Å². The molecule has 0 fully saturated rings. The predicted molar refractivity (Wildman–Crippen MR) is 82.1 cm³/mol. The zero-order chi connectivity index (χ0) is 14.0. The molecule has 0 spiro atoms. The van der Waals surface area contributed by atoms with Crippen molar-refractivity contribution in [3.05, 3.63) is 51.0 Å². The number of imidazole rings is 1. The number of aryl methyl sites for hydroxylation is 3. The second-order valence-corrected chi connectivity index (χ2v) is 5.71. The fraction of sp³-hybridized carbons (Fsp3) is 0.400. The smallest absolute Gasteiger partial charge is 0.127 e. The van der Waals surface area contributed by atoms with Gasteiger partial charge in [0.1, 0.15) is 10.4 Å². The molecule has 0 saturated heterocycles. The van der Waals surface area contributed by atoms with Crippen molar-refractivity contribution < 1.29 is 0 Å². The van der Waals surface area contributed by atoms with E-state index in [1.807, 2.05) is 7.05 Å². The zero-order valence-corrected chi connectivity index (χ0v) is 13.3. The Kier molecular flexibility index (Phi) is 4.42. The highest BCUT2D eigenvalue weighted by Crippen LogP contribution is 2.20. The number of nitrogens with zero attached hydrogens (tertiary/aromatic N) is 2. The Hall–Kier alpha value is -1.13. The Labute approximate surface area is 123 Å². The minimum atomic E-state index is 0.471. The number of halogens is 1. The number of benzene rings is 1. The van der Waals surface area contributed by atoms with E-state index in [1.54, 1.807) is 0 Å². The van der Waals surface area contributed by atoms with E-state index in [2.05, 4.69) is 57.5 Å². The van der Waals surface area contributed by atoms with Gasteiger partial charge in [0, 0.05) is 7.05 Å². The number of hydrogen-bond acceptors (Lipinski definition) is 2. The third-order valence-electron chi connectivity index (χ3n) is 3.57. The lowest BCUT2D eigenvalue weighted by Crippen LogP contribution is -2.07. The van der Waals surface area contributed by atoms with Crippen LogP contribution in [0, 0.1) is 13.8 Å². The van der Waals surface area contributed by atoms with Gasteiger partial charge in [-0.1, -0.05) is 23.8 Å². The fourth-order valence-corrected chi connectivity index (χ4v) is 3.05. The van der Waals surface area contributed by atoms with Gasteiger partial charge in [-0.25, -0.2) is 4.98 Å². The van der Waals surface area contributed by atoms with Gasteiger partial charge in [-0.2, -0.15) is 0 Å². The maximum absolute atomic E-state index is 5.68. The minimum Gasteiger partial charge on any atom is -0.333 e. The topological polar surface area (TPSA) is 43.8 Å². The molecule has 0 aliphatic heterocycles. The number of aromatic nitrogens is 2. The van der Waals surface area contributed by atoms with E-state index in [4.69, 9.17) is 5.73 Å². The van der Waals surface area contributed by atoms with Gasteiger partial charge in [0.25, 0.3) is 0 Å². The van der Waals surface area contributed by atoms with Crippen LogP contribution in [-0.4, -0.2) is 9.55 Å². The Bertz CT molecular complexity index is 587. The van der Waals surface area contributed by atoms with Crippen LogP contribution in [0.25, 0.3) is 0 Å². The van der Waals surface area contributed by atoms with E-state index in [-0.39, 0.29) is 0 Å². The largest absolute Gasteiger partial charge is 0.333 e. The van der Waals surface area contributed by atoms with Crippen LogP contribution >= 0.6 is 15.9 Å². The molecule has 0 aliphatic carbocycles. The maximum Gasteiger partial charge on any atom is 0.127 e. The van der Waals surface area contributed by atoms with Gasteiger partial charge in [-0.3, -0.25) is 0 Å². The molecule has 0 amide bonds. The first-order valence-corrected chi connectivity index (χ1v) is 7.28. The van der Waals surface area contributed by atoms with Crippen molar-refractivity contribution in [2.45, 2.75) is 33.2 Å². The van der Waals surface area contributed by atoms with Crippen molar-refractivity contribution in [2.75, 3.05) is 0 Å². The van der Waals surface area contributed by atoms with Gasteiger partial charge in [0.2, 0.25) is 0 Å². The zero-order valence-electron chi connectivity index (χ0n) is 11.7. The van der Waals surface area contributed by atoms with E-state index in [1.165, 1.54) is 22.4 Å². The molecule has 0 radical (unpaired) electrons. The van der Waals surface area contributed by atoms with E-state index in [0.717, 1.165) is 23.3 Å². The maximum atomic E-state index is 5.68. The summed E-state index contributed by atoms with van der Waals surface area (Å²) < 4.78 is 3.01. The Balaban J connectivity index is 2.16. The highest BCUT2D eigenvalue weighted by atomic mass is 79.9. The van der Waals surface area contributed by atoms with Crippen LogP contribution in [0.5, 0.6) is 0 Å². The molecule has 2 N–H and O–H groups in total. The van der Waals surface area contributed by atoms with Crippen molar-refractivity contribution in [3.63, 3.8) is 0 Å². The van der Waals surface area contributed by atoms with Gasteiger partial charge in [-0.15, -0.1) is 0 Å². The van der Waals surface area contributed by atoms with E-state index in [0.29, 0.717) is 6.54 Å². The number of rotatable bonds is 4. The van der Waals surface area contributed by atoms with E-state index >= 15 is 0 Å². The summed E-state index contributed by atoms with van der Waals surface area (Å²) in [4.78, 5) is 4.43. The first-order chi connectivity index (χ1) is 9.02. The third kappa shape index (κ3) is 3.07. The fourth-order valence-electron chi connectivity index (χ4n) is 2.38. The lowest BCUT2D eigenvalue weighted by atomic mass is 10.0. The lowest BCUT2D eigenvalue weighted by Gasteiger charge is -2.08.